The molecule has 1 rings (SSSR count). The van der Waals surface area contributed by atoms with Gasteiger partial charge in [0.05, 0.1) is 13.2 Å². The lowest BCUT2D eigenvalue weighted by Crippen LogP contribution is -2.08. The molecule has 0 atom stereocenters. The monoisotopic (exact) mass is 320 g/mol. The van der Waals surface area contributed by atoms with E-state index in [0.29, 0.717) is 30.3 Å². The van der Waals surface area contributed by atoms with Crippen molar-refractivity contribution in [3.8, 4) is 11.5 Å². The molecule has 0 radical (unpaired) electrons. The van der Waals surface area contributed by atoms with E-state index in [0.717, 1.165) is 18.9 Å². The third-order valence-corrected chi connectivity index (χ3v) is 3.16. The predicted octanol–water partition coefficient (Wildman–Crippen LogP) is 3.71. The second-order valence-corrected chi connectivity index (χ2v) is 5.05. The van der Waals surface area contributed by atoms with Gasteiger partial charge in [-0.05, 0) is 37.1 Å². The predicted molar refractivity (Wildman–Crippen MR) is 88.9 cm³/mol. The number of ether oxygens (including phenoxy) is 2. The van der Waals surface area contributed by atoms with E-state index in [-0.39, 0.29) is 0 Å². The van der Waals surface area contributed by atoms with Crippen LogP contribution in [0.5, 0.6) is 11.5 Å². The van der Waals surface area contributed by atoms with E-state index >= 15 is 0 Å². The second kappa shape index (κ2) is 10.4. The number of hydrogen-bond donors (Lipinski definition) is 1. The first-order valence-electron chi connectivity index (χ1n) is 7.93. The van der Waals surface area contributed by atoms with Crippen LogP contribution in [-0.2, 0) is 9.59 Å². The summed E-state index contributed by atoms with van der Waals surface area (Å²) < 4.78 is 11.3. The fourth-order valence-electron chi connectivity index (χ4n) is 1.97. The third kappa shape index (κ3) is 7.00. The van der Waals surface area contributed by atoms with Gasteiger partial charge in [-0.15, -0.1) is 0 Å². The van der Waals surface area contributed by atoms with Gasteiger partial charge < -0.3 is 14.6 Å². The Morgan fingerprint density at radius 1 is 1.09 bits per heavy atom. The molecule has 0 bridgehead atoms. The second-order valence-electron chi connectivity index (χ2n) is 5.05. The van der Waals surface area contributed by atoms with Gasteiger partial charge in [0.25, 0.3) is 5.78 Å². The Morgan fingerprint density at radius 2 is 1.87 bits per heavy atom. The lowest BCUT2D eigenvalue weighted by atomic mass is 10.1. The highest BCUT2D eigenvalue weighted by Gasteiger charge is 2.08. The zero-order chi connectivity index (χ0) is 17.1. The molecular weight excluding hydrogens is 296 g/mol. The summed E-state index contributed by atoms with van der Waals surface area (Å²) in [4.78, 5) is 21.6. The number of rotatable bonds is 11. The van der Waals surface area contributed by atoms with Crippen molar-refractivity contribution in [3.63, 3.8) is 0 Å². The third-order valence-electron chi connectivity index (χ3n) is 3.16. The number of aliphatic carboxylic acids is 1. The maximum atomic E-state index is 11.1. The van der Waals surface area contributed by atoms with Crippen molar-refractivity contribution in [2.75, 3.05) is 13.2 Å². The molecule has 0 aliphatic heterocycles. The highest BCUT2D eigenvalue weighted by Crippen LogP contribution is 2.29. The topological polar surface area (TPSA) is 72.8 Å². The molecule has 0 saturated heterocycles. The van der Waals surface area contributed by atoms with Crippen LogP contribution in [0.2, 0.25) is 0 Å². The van der Waals surface area contributed by atoms with E-state index in [2.05, 4.69) is 6.92 Å². The molecule has 5 nitrogen and oxygen atoms in total. The maximum Gasteiger partial charge on any atom is 0.376 e. The van der Waals surface area contributed by atoms with E-state index in [9.17, 15) is 9.59 Å². The fraction of sp³-hybridized carbons (Fsp3) is 0.444. The smallest absolute Gasteiger partial charge is 0.376 e. The number of benzene rings is 1. The van der Waals surface area contributed by atoms with Gasteiger partial charge in [0, 0.05) is 0 Å². The van der Waals surface area contributed by atoms with E-state index in [1.165, 1.54) is 18.9 Å². The van der Waals surface area contributed by atoms with Crippen molar-refractivity contribution < 1.29 is 24.2 Å². The minimum absolute atomic E-state index is 0.493. The van der Waals surface area contributed by atoms with Crippen LogP contribution >= 0.6 is 0 Å². The highest BCUT2D eigenvalue weighted by atomic mass is 16.5. The van der Waals surface area contributed by atoms with Gasteiger partial charge in [-0.3, -0.25) is 4.79 Å². The first-order chi connectivity index (χ1) is 11.1. The van der Waals surface area contributed by atoms with Gasteiger partial charge in [-0.1, -0.05) is 38.3 Å². The van der Waals surface area contributed by atoms with Gasteiger partial charge in [0.1, 0.15) is 0 Å². The van der Waals surface area contributed by atoms with Crippen LogP contribution < -0.4 is 9.47 Å². The molecule has 0 fully saturated rings. The quantitative estimate of drug-likeness (QED) is 0.382. The van der Waals surface area contributed by atoms with Crippen molar-refractivity contribution in [2.45, 2.75) is 39.5 Å². The molecule has 1 aromatic rings. The maximum absolute atomic E-state index is 11.1. The molecule has 0 spiro atoms. The number of carbonyl (C=O) groups is 2. The molecule has 1 aromatic carbocycles. The number of unbranched alkanes of at least 4 members (excludes halogenated alkanes) is 3. The zero-order valence-corrected chi connectivity index (χ0v) is 13.7. The average Bonchev–Trinajstić information content (AvgIpc) is 2.54. The van der Waals surface area contributed by atoms with Crippen LogP contribution in [0.4, 0.5) is 0 Å². The summed E-state index contributed by atoms with van der Waals surface area (Å²) in [5.74, 6) is -1.18. The average molecular weight is 320 g/mol. The van der Waals surface area contributed by atoms with Gasteiger partial charge in [0.2, 0.25) is 0 Å². The van der Waals surface area contributed by atoms with Gasteiger partial charge >= 0.3 is 5.97 Å². The molecule has 0 saturated carbocycles. The fourth-order valence-corrected chi connectivity index (χ4v) is 1.97. The van der Waals surface area contributed by atoms with Gasteiger partial charge in [-0.25, -0.2) is 4.79 Å². The van der Waals surface area contributed by atoms with Crippen molar-refractivity contribution >= 4 is 17.8 Å². The van der Waals surface area contributed by atoms with Gasteiger partial charge in [-0.2, -0.15) is 0 Å². The Bertz CT molecular complexity index is 548. The number of carbonyl (C=O) groups excluding carboxylic acids is 1. The number of carboxylic acids is 1. The Kier molecular flexibility index (Phi) is 8.50. The number of hydrogen-bond acceptors (Lipinski definition) is 4. The number of carboxylic acid groups (broad SMARTS) is 1. The van der Waals surface area contributed by atoms with Crippen molar-refractivity contribution in [1.29, 1.82) is 0 Å². The summed E-state index contributed by atoms with van der Waals surface area (Å²) in [6.45, 7) is 5.16. The largest absolute Gasteiger partial charge is 0.490 e. The zero-order valence-electron chi connectivity index (χ0n) is 13.7. The van der Waals surface area contributed by atoms with E-state index in [1.807, 2.05) is 6.92 Å². The molecule has 126 valence electrons. The summed E-state index contributed by atoms with van der Waals surface area (Å²) in [7, 11) is 0. The molecule has 0 aliphatic carbocycles. The van der Waals surface area contributed by atoms with E-state index in [4.69, 9.17) is 14.6 Å². The van der Waals surface area contributed by atoms with Crippen LogP contribution in [0.1, 0.15) is 45.1 Å². The van der Waals surface area contributed by atoms with Crippen LogP contribution in [0.15, 0.2) is 24.3 Å². The van der Waals surface area contributed by atoms with Gasteiger partial charge in [0.15, 0.2) is 11.5 Å². The van der Waals surface area contributed by atoms with Crippen molar-refractivity contribution in [1.82, 2.24) is 0 Å². The molecule has 1 N–H and O–H groups in total. The lowest BCUT2D eigenvalue weighted by molar-refractivity contribution is -0.146. The van der Waals surface area contributed by atoms with Crippen molar-refractivity contribution in [2.24, 2.45) is 0 Å². The lowest BCUT2D eigenvalue weighted by Gasteiger charge is -2.12. The molecule has 0 unspecified atom stereocenters. The van der Waals surface area contributed by atoms with E-state index in [1.54, 1.807) is 18.2 Å². The summed E-state index contributed by atoms with van der Waals surface area (Å²) in [5, 5.41) is 8.56. The standard InChI is InChI=1S/C18H24O5/c1-3-5-6-7-12-23-16-11-9-14(13-17(16)22-4-2)8-10-15(19)18(20)21/h8-11,13H,3-7,12H2,1-2H3,(H,20,21)/b10-8+. The summed E-state index contributed by atoms with van der Waals surface area (Å²) >= 11 is 0. The summed E-state index contributed by atoms with van der Waals surface area (Å²) in [5.41, 5.74) is 0.682. The SMILES string of the molecule is CCCCCCOc1ccc(/C=C/C(=O)C(=O)O)cc1OCC. The van der Waals surface area contributed by atoms with Crippen LogP contribution in [0.3, 0.4) is 0 Å². The van der Waals surface area contributed by atoms with Crippen LogP contribution in [0.25, 0.3) is 6.08 Å². The molecule has 0 heterocycles. The Labute approximate surface area is 136 Å². The normalized spacial score (nSPS) is 10.7. The highest BCUT2D eigenvalue weighted by molar-refractivity contribution is 6.38. The molecule has 5 heteroatoms. The Morgan fingerprint density at radius 3 is 2.52 bits per heavy atom. The molecular formula is C18H24O5. The van der Waals surface area contributed by atoms with Crippen LogP contribution in [0, 0.1) is 0 Å². The minimum atomic E-state index is -1.47. The van der Waals surface area contributed by atoms with Crippen molar-refractivity contribution in [3.05, 3.63) is 29.8 Å². The Hall–Kier alpha value is -2.30. The molecule has 0 amide bonds. The minimum Gasteiger partial charge on any atom is -0.490 e. The van der Waals surface area contributed by atoms with Crippen LogP contribution in [-0.4, -0.2) is 30.1 Å². The Balaban J connectivity index is 2.73. The first-order valence-corrected chi connectivity index (χ1v) is 7.93. The molecule has 0 aliphatic rings. The summed E-state index contributed by atoms with van der Waals surface area (Å²) in [6.07, 6.45) is 6.98. The molecule has 0 aromatic heterocycles. The van der Waals surface area contributed by atoms with E-state index < -0.39 is 11.8 Å². The molecule has 23 heavy (non-hydrogen) atoms. The first kappa shape index (κ1) is 18.7. The summed E-state index contributed by atoms with van der Waals surface area (Å²) in [6, 6.07) is 5.27. The number of ketones is 1.